The molecule has 40 heavy (non-hydrogen) atoms. The monoisotopic (exact) mass is 533 g/mol. The molecule has 198 valence electrons. The first kappa shape index (κ1) is 23.7. The van der Waals surface area contributed by atoms with Crippen molar-refractivity contribution in [3.63, 3.8) is 0 Å². The highest BCUT2D eigenvalue weighted by molar-refractivity contribution is 5.96. The zero-order valence-corrected chi connectivity index (χ0v) is 21.6. The number of likely N-dealkylation sites (N-methyl/N-ethyl adjacent to an activating group) is 1. The van der Waals surface area contributed by atoms with Gasteiger partial charge in [0, 0.05) is 23.5 Å². The Labute approximate surface area is 227 Å². The van der Waals surface area contributed by atoms with Gasteiger partial charge in [-0.05, 0) is 56.6 Å². The minimum absolute atomic E-state index is 0.121. The second-order valence-electron chi connectivity index (χ2n) is 9.62. The van der Waals surface area contributed by atoms with Crippen LogP contribution >= 0.6 is 0 Å². The third kappa shape index (κ3) is 4.25. The summed E-state index contributed by atoms with van der Waals surface area (Å²) in [5.74, 6) is 1.82. The quantitative estimate of drug-likeness (QED) is 0.290. The van der Waals surface area contributed by atoms with Crippen molar-refractivity contribution in [3.05, 3.63) is 61.1 Å². The number of H-pyrrole nitrogens is 2. The number of aromatic amines is 2. The molecule has 1 aliphatic rings. The number of pyridine rings is 3. The summed E-state index contributed by atoms with van der Waals surface area (Å²) < 4.78 is 11.0. The van der Waals surface area contributed by atoms with Crippen LogP contribution in [-0.2, 0) is 4.79 Å². The Hall–Kier alpha value is -5.36. The first-order chi connectivity index (χ1) is 19.5. The zero-order valence-electron chi connectivity index (χ0n) is 21.6. The number of carbonyl (C=O) groups excluding carboxylic acids is 1. The number of hydrogen-bond acceptors (Lipinski definition) is 9. The Bertz CT molecular complexity index is 1910. The van der Waals surface area contributed by atoms with Crippen molar-refractivity contribution in [2.75, 3.05) is 32.7 Å². The number of imidazole rings is 1. The lowest BCUT2D eigenvalue weighted by molar-refractivity contribution is -0.116. The van der Waals surface area contributed by atoms with E-state index in [2.05, 4.69) is 30.5 Å². The Morgan fingerprint density at radius 1 is 0.950 bits per heavy atom. The van der Waals surface area contributed by atoms with E-state index in [1.807, 2.05) is 56.6 Å². The average Bonchev–Trinajstić information content (AvgIpc) is 3.69. The Kier molecular flexibility index (Phi) is 5.60. The molecule has 0 atom stereocenters. The molecule has 6 heterocycles. The molecular formula is C28H23N9O3. The van der Waals surface area contributed by atoms with E-state index in [0.29, 0.717) is 51.1 Å². The summed E-state index contributed by atoms with van der Waals surface area (Å²) in [6.45, 7) is 0.478. The van der Waals surface area contributed by atoms with E-state index in [0.717, 1.165) is 22.2 Å². The highest BCUT2D eigenvalue weighted by Crippen LogP contribution is 2.37. The van der Waals surface area contributed by atoms with Crippen LogP contribution in [0.15, 0.2) is 61.1 Å². The number of carbonyl (C=O) groups is 1. The van der Waals surface area contributed by atoms with Crippen LogP contribution in [0.5, 0.6) is 11.5 Å². The number of nitrogens with zero attached hydrogens (tertiary/aromatic N) is 6. The van der Waals surface area contributed by atoms with Gasteiger partial charge in [-0.3, -0.25) is 19.9 Å². The lowest BCUT2D eigenvalue weighted by Gasteiger charge is -2.10. The molecular weight excluding hydrogens is 510 g/mol. The molecule has 0 saturated carbocycles. The number of hydrogen-bond donors (Lipinski definition) is 3. The third-order valence-electron chi connectivity index (χ3n) is 6.46. The SMILES string of the molecule is CN(C)CC(=O)Nc1cncc(-c2ccc3[nH]nc(-c4nc5c(-c6ccc7c(c6)OCO7)nccc5[nH]4)c3n2)c1. The third-order valence-corrected chi connectivity index (χ3v) is 6.46. The number of nitrogens with one attached hydrogen (secondary N) is 3. The van der Waals surface area contributed by atoms with Crippen molar-refractivity contribution < 1.29 is 14.3 Å². The van der Waals surface area contributed by atoms with E-state index >= 15 is 0 Å². The van der Waals surface area contributed by atoms with Gasteiger partial charge in [-0.15, -0.1) is 0 Å². The fourth-order valence-electron chi connectivity index (χ4n) is 4.66. The highest BCUT2D eigenvalue weighted by Gasteiger charge is 2.20. The predicted molar refractivity (Wildman–Crippen MR) is 149 cm³/mol. The summed E-state index contributed by atoms with van der Waals surface area (Å²) in [4.78, 5) is 36.0. The normalized spacial score (nSPS) is 12.5. The van der Waals surface area contributed by atoms with E-state index < -0.39 is 0 Å². The van der Waals surface area contributed by atoms with Gasteiger partial charge in [0.2, 0.25) is 12.7 Å². The van der Waals surface area contributed by atoms with E-state index in [1.54, 1.807) is 23.5 Å². The minimum Gasteiger partial charge on any atom is -0.454 e. The van der Waals surface area contributed by atoms with Crippen LogP contribution in [0.1, 0.15) is 0 Å². The number of fused-ring (bicyclic) bond motifs is 3. The molecule has 12 heteroatoms. The molecule has 1 aliphatic heterocycles. The number of aromatic nitrogens is 7. The molecule has 5 aromatic heterocycles. The summed E-state index contributed by atoms with van der Waals surface area (Å²) in [7, 11) is 3.68. The lowest BCUT2D eigenvalue weighted by atomic mass is 10.1. The van der Waals surface area contributed by atoms with Gasteiger partial charge in [-0.2, -0.15) is 5.10 Å². The number of anilines is 1. The van der Waals surface area contributed by atoms with E-state index in [4.69, 9.17) is 19.4 Å². The van der Waals surface area contributed by atoms with Crippen LogP contribution < -0.4 is 14.8 Å². The van der Waals surface area contributed by atoms with Gasteiger partial charge in [-0.25, -0.2) is 9.97 Å². The molecule has 0 spiro atoms. The van der Waals surface area contributed by atoms with Crippen LogP contribution in [0.4, 0.5) is 5.69 Å². The van der Waals surface area contributed by atoms with Crippen LogP contribution in [-0.4, -0.2) is 73.4 Å². The predicted octanol–water partition coefficient (Wildman–Crippen LogP) is 3.85. The molecule has 0 fully saturated rings. The van der Waals surface area contributed by atoms with Gasteiger partial charge in [0.25, 0.3) is 0 Å². The largest absolute Gasteiger partial charge is 0.454 e. The maximum Gasteiger partial charge on any atom is 0.238 e. The van der Waals surface area contributed by atoms with Crippen molar-refractivity contribution in [2.45, 2.75) is 0 Å². The molecule has 12 nitrogen and oxygen atoms in total. The fraction of sp³-hybridized carbons (Fsp3) is 0.143. The first-order valence-corrected chi connectivity index (χ1v) is 12.5. The number of ether oxygens (including phenoxy) is 2. The van der Waals surface area contributed by atoms with E-state index in [1.165, 1.54) is 0 Å². The lowest BCUT2D eigenvalue weighted by Crippen LogP contribution is -2.27. The number of benzene rings is 1. The molecule has 0 unspecified atom stereocenters. The molecule has 0 bridgehead atoms. The molecule has 0 aliphatic carbocycles. The molecule has 0 saturated heterocycles. The molecule has 6 aromatic rings. The topological polar surface area (TPSA) is 147 Å². The van der Waals surface area contributed by atoms with Crippen LogP contribution in [0.3, 0.4) is 0 Å². The summed E-state index contributed by atoms with van der Waals surface area (Å²) >= 11 is 0. The van der Waals surface area contributed by atoms with Gasteiger partial charge in [-0.1, -0.05) is 0 Å². The molecule has 3 N–H and O–H groups in total. The summed E-state index contributed by atoms with van der Waals surface area (Å²) in [6, 6.07) is 13.2. The molecule has 7 rings (SSSR count). The van der Waals surface area contributed by atoms with Gasteiger partial charge in [0.15, 0.2) is 23.0 Å². The zero-order chi connectivity index (χ0) is 27.2. The van der Waals surface area contributed by atoms with Crippen molar-refractivity contribution in [3.8, 4) is 45.5 Å². The van der Waals surface area contributed by atoms with E-state index in [9.17, 15) is 4.79 Å². The van der Waals surface area contributed by atoms with Crippen LogP contribution in [0.25, 0.3) is 56.1 Å². The van der Waals surface area contributed by atoms with Gasteiger partial charge < -0.3 is 24.7 Å². The Balaban J connectivity index is 1.25. The fourth-order valence-corrected chi connectivity index (χ4v) is 4.66. The number of rotatable bonds is 6. The van der Waals surface area contributed by atoms with E-state index in [-0.39, 0.29) is 19.2 Å². The van der Waals surface area contributed by atoms with Gasteiger partial charge in [0.05, 0.1) is 40.9 Å². The van der Waals surface area contributed by atoms with Crippen molar-refractivity contribution >= 4 is 33.7 Å². The summed E-state index contributed by atoms with van der Waals surface area (Å²) in [5, 5.41) is 10.4. The summed E-state index contributed by atoms with van der Waals surface area (Å²) in [5.41, 5.74) is 7.13. The van der Waals surface area contributed by atoms with Crippen LogP contribution in [0, 0.1) is 0 Å². The number of amides is 1. The van der Waals surface area contributed by atoms with Crippen LogP contribution in [0.2, 0.25) is 0 Å². The second-order valence-corrected chi connectivity index (χ2v) is 9.62. The minimum atomic E-state index is -0.121. The molecule has 0 radical (unpaired) electrons. The Morgan fingerprint density at radius 2 is 1.82 bits per heavy atom. The van der Waals surface area contributed by atoms with Gasteiger partial charge >= 0.3 is 0 Å². The Morgan fingerprint density at radius 3 is 2.73 bits per heavy atom. The molecule has 1 aromatic carbocycles. The maximum absolute atomic E-state index is 12.2. The smallest absolute Gasteiger partial charge is 0.238 e. The van der Waals surface area contributed by atoms with Crippen molar-refractivity contribution in [1.29, 1.82) is 0 Å². The standard InChI is InChI=1S/C28H23N9O3/c1-37(2)13-23(38)31-17-9-16(11-29-12-17)18-4-5-20-26(32-18)27(36-35-20)28-33-19-7-8-30-24(25(19)34-28)15-3-6-21-22(10-15)40-14-39-21/h3-12H,13-14H2,1-2H3,(H,31,38)(H,33,34)(H,35,36). The average molecular weight is 534 g/mol. The van der Waals surface area contributed by atoms with Crippen molar-refractivity contribution in [2.24, 2.45) is 0 Å². The summed E-state index contributed by atoms with van der Waals surface area (Å²) in [6.07, 6.45) is 5.06. The first-order valence-electron chi connectivity index (χ1n) is 12.5. The maximum atomic E-state index is 12.2. The second kappa shape index (κ2) is 9.43. The van der Waals surface area contributed by atoms with Gasteiger partial charge in [0.1, 0.15) is 11.0 Å². The molecule has 1 amide bonds. The van der Waals surface area contributed by atoms with Crippen molar-refractivity contribution in [1.82, 2.24) is 40.0 Å². The highest BCUT2D eigenvalue weighted by atomic mass is 16.7.